The summed E-state index contributed by atoms with van der Waals surface area (Å²) in [6.45, 7) is -0.131. The van der Waals surface area contributed by atoms with Crippen molar-refractivity contribution in [3.05, 3.63) is 78.0 Å². The molecule has 27 heavy (non-hydrogen) atoms. The van der Waals surface area contributed by atoms with Crippen LogP contribution in [0.5, 0.6) is 0 Å². The van der Waals surface area contributed by atoms with Gasteiger partial charge in [0.05, 0.1) is 17.4 Å². The molecule has 3 aromatic rings. The minimum absolute atomic E-state index is 0.206. The molecule has 1 aliphatic rings. The summed E-state index contributed by atoms with van der Waals surface area (Å²) in [5.41, 5.74) is 0.639. The van der Waals surface area contributed by atoms with Gasteiger partial charge in [-0.3, -0.25) is 24.0 Å². The van der Waals surface area contributed by atoms with E-state index in [1.54, 1.807) is 65.8 Å². The lowest BCUT2D eigenvalue weighted by molar-refractivity contribution is -0.121. The Balaban J connectivity index is 1.43. The number of nitrogens with one attached hydrogen (secondary N) is 1. The zero-order chi connectivity index (χ0) is 18.8. The van der Waals surface area contributed by atoms with Gasteiger partial charge in [0, 0.05) is 18.9 Å². The average molecular weight is 364 g/mol. The summed E-state index contributed by atoms with van der Waals surface area (Å²) in [6, 6.07) is 11.5. The van der Waals surface area contributed by atoms with Crippen molar-refractivity contribution in [2.24, 2.45) is 0 Å². The standard InChI is InChI=1S/C19H16N4O4/c24-17(12-22-18(25)13-5-1-2-6-14(13)19(22)26)20-11-15(16-7-3-10-27-16)23-9-4-8-21-23/h1-10,15H,11-12H2,(H,20,24). The molecule has 3 heterocycles. The fourth-order valence-corrected chi connectivity index (χ4v) is 3.06. The van der Waals surface area contributed by atoms with Crippen molar-refractivity contribution in [1.29, 1.82) is 0 Å². The Hall–Kier alpha value is -3.68. The third-order valence-electron chi connectivity index (χ3n) is 4.39. The van der Waals surface area contributed by atoms with Crippen LogP contribution in [0.4, 0.5) is 0 Å². The van der Waals surface area contributed by atoms with Gasteiger partial charge in [-0.25, -0.2) is 0 Å². The van der Waals surface area contributed by atoms with Gasteiger partial charge in [-0.15, -0.1) is 0 Å². The quantitative estimate of drug-likeness (QED) is 0.668. The topological polar surface area (TPSA) is 97.4 Å². The van der Waals surface area contributed by atoms with Crippen molar-refractivity contribution in [3.8, 4) is 0 Å². The number of aromatic nitrogens is 2. The first-order valence-electron chi connectivity index (χ1n) is 8.39. The molecule has 0 spiro atoms. The minimum atomic E-state index is -0.458. The van der Waals surface area contributed by atoms with E-state index in [4.69, 9.17) is 4.42 Å². The van der Waals surface area contributed by atoms with E-state index in [1.165, 1.54) is 0 Å². The molecule has 8 heteroatoms. The maximum Gasteiger partial charge on any atom is 0.262 e. The molecule has 3 amide bonds. The molecule has 1 unspecified atom stereocenters. The smallest absolute Gasteiger partial charge is 0.262 e. The predicted octanol–water partition coefficient (Wildman–Crippen LogP) is 1.48. The molecule has 2 aromatic heterocycles. The lowest BCUT2D eigenvalue weighted by Gasteiger charge is -2.18. The summed E-state index contributed by atoms with van der Waals surface area (Å²) in [5.74, 6) is -0.714. The molecule has 0 bridgehead atoms. The SMILES string of the molecule is O=C(CN1C(=O)c2ccccc2C1=O)NCC(c1ccco1)n1cccn1. The molecule has 0 saturated carbocycles. The van der Waals surface area contributed by atoms with Gasteiger partial charge in [-0.1, -0.05) is 12.1 Å². The molecular formula is C19H16N4O4. The molecule has 136 valence electrons. The Morgan fingerprint density at radius 3 is 2.41 bits per heavy atom. The first-order chi connectivity index (χ1) is 13.1. The molecule has 0 radical (unpaired) electrons. The summed E-state index contributed by atoms with van der Waals surface area (Å²) < 4.78 is 7.10. The van der Waals surface area contributed by atoms with Crippen LogP contribution >= 0.6 is 0 Å². The Bertz CT molecular complexity index is 910. The highest BCUT2D eigenvalue weighted by molar-refractivity contribution is 6.22. The van der Waals surface area contributed by atoms with Crippen molar-refractivity contribution >= 4 is 17.7 Å². The van der Waals surface area contributed by atoms with E-state index >= 15 is 0 Å². The molecule has 4 rings (SSSR count). The van der Waals surface area contributed by atoms with Gasteiger partial charge in [-0.2, -0.15) is 5.10 Å². The number of rotatable bonds is 6. The van der Waals surface area contributed by atoms with E-state index in [0.29, 0.717) is 16.9 Å². The van der Waals surface area contributed by atoms with Crippen LogP contribution in [0.15, 0.2) is 65.5 Å². The van der Waals surface area contributed by atoms with Gasteiger partial charge in [0.1, 0.15) is 18.3 Å². The van der Waals surface area contributed by atoms with Crippen LogP contribution in [0.2, 0.25) is 0 Å². The highest BCUT2D eigenvalue weighted by atomic mass is 16.3. The number of hydrogen-bond donors (Lipinski definition) is 1. The third-order valence-corrected chi connectivity index (χ3v) is 4.39. The van der Waals surface area contributed by atoms with Gasteiger partial charge in [0.2, 0.25) is 5.91 Å². The van der Waals surface area contributed by atoms with Crippen LogP contribution in [0.25, 0.3) is 0 Å². The van der Waals surface area contributed by atoms with Crippen molar-refractivity contribution in [3.63, 3.8) is 0 Å². The van der Waals surface area contributed by atoms with Crippen molar-refractivity contribution in [2.75, 3.05) is 13.1 Å². The highest BCUT2D eigenvalue weighted by Gasteiger charge is 2.36. The van der Waals surface area contributed by atoms with E-state index < -0.39 is 17.7 Å². The zero-order valence-electron chi connectivity index (χ0n) is 14.2. The highest BCUT2D eigenvalue weighted by Crippen LogP contribution is 2.22. The molecule has 1 atom stereocenters. The summed E-state index contributed by atoms with van der Waals surface area (Å²) in [4.78, 5) is 38.0. The average Bonchev–Trinajstić information content (AvgIpc) is 3.43. The van der Waals surface area contributed by atoms with Gasteiger partial charge in [0.15, 0.2) is 0 Å². The molecular weight excluding hydrogens is 348 g/mol. The zero-order valence-corrected chi connectivity index (χ0v) is 14.2. The van der Waals surface area contributed by atoms with Crippen LogP contribution in [0.3, 0.4) is 0 Å². The number of amides is 3. The second kappa shape index (κ2) is 6.91. The van der Waals surface area contributed by atoms with E-state index in [9.17, 15) is 14.4 Å². The molecule has 1 aliphatic heterocycles. The van der Waals surface area contributed by atoms with Crippen molar-refractivity contribution in [2.45, 2.75) is 6.04 Å². The van der Waals surface area contributed by atoms with Gasteiger partial charge >= 0.3 is 0 Å². The Kier molecular flexibility index (Phi) is 4.29. The van der Waals surface area contributed by atoms with Crippen molar-refractivity contribution < 1.29 is 18.8 Å². The van der Waals surface area contributed by atoms with Crippen LogP contribution in [0, 0.1) is 0 Å². The van der Waals surface area contributed by atoms with Crippen molar-refractivity contribution in [1.82, 2.24) is 20.0 Å². The number of fused-ring (bicyclic) bond motifs is 1. The fourth-order valence-electron chi connectivity index (χ4n) is 3.06. The van der Waals surface area contributed by atoms with E-state index in [0.717, 1.165) is 4.90 Å². The monoisotopic (exact) mass is 364 g/mol. The maximum absolute atomic E-state index is 12.4. The lowest BCUT2D eigenvalue weighted by Crippen LogP contribution is -2.42. The summed E-state index contributed by atoms with van der Waals surface area (Å²) in [7, 11) is 0. The van der Waals surface area contributed by atoms with Crippen LogP contribution in [-0.4, -0.2) is 45.5 Å². The molecule has 0 aliphatic carbocycles. The normalized spacial score (nSPS) is 14.3. The Morgan fingerprint density at radius 1 is 1.07 bits per heavy atom. The maximum atomic E-state index is 12.4. The lowest BCUT2D eigenvalue weighted by atomic mass is 10.1. The Morgan fingerprint density at radius 2 is 1.81 bits per heavy atom. The second-order valence-corrected chi connectivity index (χ2v) is 6.06. The first-order valence-corrected chi connectivity index (χ1v) is 8.39. The number of furan rings is 1. The molecule has 8 nitrogen and oxygen atoms in total. The number of benzene rings is 1. The Labute approximate surface area is 154 Å². The van der Waals surface area contributed by atoms with Crippen LogP contribution in [0.1, 0.15) is 32.5 Å². The molecule has 1 aromatic carbocycles. The predicted molar refractivity (Wildman–Crippen MR) is 93.9 cm³/mol. The van der Waals surface area contributed by atoms with Crippen LogP contribution in [-0.2, 0) is 4.79 Å². The first kappa shape index (κ1) is 16.8. The van der Waals surface area contributed by atoms with Gasteiger partial charge in [-0.05, 0) is 30.3 Å². The van der Waals surface area contributed by atoms with Crippen LogP contribution < -0.4 is 5.32 Å². The summed E-state index contributed by atoms with van der Waals surface area (Å²) >= 11 is 0. The van der Waals surface area contributed by atoms with E-state index in [1.807, 2.05) is 0 Å². The van der Waals surface area contributed by atoms with E-state index in [-0.39, 0.29) is 19.1 Å². The molecule has 0 saturated heterocycles. The molecule has 0 fully saturated rings. The number of imide groups is 1. The second-order valence-electron chi connectivity index (χ2n) is 6.06. The number of nitrogens with zero attached hydrogens (tertiary/aromatic N) is 3. The van der Waals surface area contributed by atoms with Gasteiger partial charge < -0.3 is 9.73 Å². The number of carbonyl (C=O) groups excluding carboxylic acids is 3. The number of carbonyl (C=O) groups is 3. The minimum Gasteiger partial charge on any atom is -0.467 e. The number of hydrogen-bond acceptors (Lipinski definition) is 5. The largest absolute Gasteiger partial charge is 0.467 e. The van der Waals surface area contributed by atoms with Gasteiger partial charge in [0.25, 0.3) is 11.8 Å². The fraction of sp³-hybridized carbons (Fsp3) is 0.158. The van der Waals surface area contributed by atoms with E-state index in [2.05, 4.69) is 10.4 Å². The summed E-state index contributed by atoms with van der Waals surface area (Å²) in [6.07, 6.45) is 4.95. The molecule has 1 N–H and O–H groups in total. The third kappa shape index (κ3) is 3.12. The summed E-state index contributed by atoms with van der Waals surface area (Å²) in [5, 5.41) is 6.94.